The summed E-state index contributed by atoms with van der Waals surface area (Å²) in [5, 5.41) is 15.0. The highest BCUT2D eigenvalue weighted by Crippen LogP contribution is 2.27. The van der Waals surface area contributed by atoms with Gasteiger partial charge in [-0.1, -0.05) is 18.2 Å². The molecule has 0 spiro atoms. The van der Waals surface area contributed by atoms with Crippen LogP contribution in [0.15, 0.2) is 55.0 Å². The number of aromatic nitrogens is 4. The van der Waals surface area contributed by atoms with E-state index in [2.05, 4.69) is 39.4 Å². The molecule has 0 aliphatic carbocycles. The van der Waals surface area contributed by atoms with E-state index in [4.69, 9.17) is 4.74 Å². The predicted molar refractivity (Wildman–Crippen MR) is 120 cm³/mol. The summed E-state index contributed by atoms with van der Waals surface area (Å²) in [5.41, 5.74) is 6.69. The summed E-state index contributed by atoms with van der Waals surface area (Å²) in [7, 11) is 3.95. The molecule has 1 N–H and O–H groups in total. The van der Waals surface area contributed by atoms with Gasteiger partial charge in [0.2, 0.25) is 0 Å². The Balaban J connectivity index is 1.21. The highest BCUT2D eigenvalue weighted by atomic mass is 16.5. The molecular weight excluding hydrogens is 390 g/mol. The molecule has 2 aromatic heterocycles. The van der Waals surface area contributed by atoms with Crippen molar-refractivity contribution in [3.63, 3.8) is 0 Å². The van der Waals surface area contributed by atoms with Crippen molar-refractivity contribution >= 4 is 11.0 Å². The first-order valence-corrected chi connectivity index (χ1v) is 10.6. The molecule has 1 aliphatic rings. The number of hydrogen-bond acceptors (Lipinski definition) is 5. The molecule has 0 saturated carbocycles. The lowest BCUT2D eigenvalue weighted by Crippen LogP contribution is -2.38. The van der Waals surface area contributed by atoms with E-state index in [0.29, 0.717) is 6.54 Å². The van der Waals surface area contributed by atoms with Gasteiger partial charge < -0.3 is 14.4 Å². The molecule has 0 saturated heterocycles. The van der Waals surface area contributed by atoms with E-state index < -0.39 is 6.10 Å². The molecule has 2 aromatic carbocycles. The van der Waals surface area contributed by atoms with Gasteiger partial charge in [0.25, 0.3) is 0 Å². The van der Waals surface area contributed by atoms with Gasteiger partial charge in [-0.05, 0) is 35.4 Å². The summed E-state index contributed by atoms with van der Waals surface area (Å²) in [6.07, 6.45) is 4.27. The van der Waals surface area contributed by atoms with Crippen LogP contribution >= 0.6 is 0 Å². The summed E-state index contributed by atoms with van der Waals surface area (Å²) in [4.78, 5) is 6.64. The zero-order valence-corrected chi connectivity index (χ0v) is 17.9. The summed E-state index contributed by atoms with van der Waals surface area (Å²) in [6.45, 7) is 2.59. The Morgan fingerprint density at radius 1 is 1.13 bits per heavy atom. The van der Waals surface area contributed by atoms with Crippen molar-refractivity contribution in [3.8, 4) is 16.9 Å². The van der Waals surface area contributed by atoms with Crippen LogP contribution in [0.5, 0.6) is 5.75 Å². The molecule has 1 aliphatic heterocycles. The predicted octanol–water partition coefficient (Wildman–Crippen LogP) is 2.77. The van der Waals surface area contributed by atoms with Crippen LogP contribution in [0.2, 0.25) is 0 Å². The van der Waals surface area contributed by atoms with Crippen LogP contribution in [0.25, 0.3) is 22.2 Å². The average Bonchev–Trinajstić information content (AvgIpc) is 3.33. The van der Waals surface area contributed by atoms with Crippen molar-refractivity contribution in [1.82, 2.24) is 24.2 Å². The maximum absolute atomic E-state index is 10.5. The third kappa shape index (κ3) is 4.19. The van der Waals surface area contributed by atoms with Gasteiger partial charge in [0.1, 0.15) is 18.5 Å². The molecule has 0 radical (unpaired) electrons. The number of β-amino-alcohol motifs (C(OH)–C–C–N with tert-alkyl or cyclic N) is 1. The Kier molecular flexibility index (Phi) is 5.21. The van der Waals surface area contributed by atoms with Crippen LogP contribution in [0, 0.1) is 0 Å². The standard InChI is InChI=1S/C24H27N5O2/c1-27-16-25-23-7-6-18(11-24(23)27)17-4-3-5-21(10-17)31-15-20(30)14-29-9-8-22-19(13-29)12-28(2)26-22/h3-7,10-12,16,20,30H,8-9,13-15H2,1-2H3/t20-/m1/s1. The van der Waals surface area contributed by atoms with Crippen molar-refractivity contribution < 1.29 is 9.84 Å². The number of aliphatic hydroxyl groups excluding tert-OH is 1. The van der Waals surface area contributed by atoms with E-state index in [9.17, 15) is 5.11 Å². The zero-order chi connectivity index (χ0) is 21.4. The fourth-order valence-electron chi connectivity index (χ4n) is 4.28. The van der Waals surface area contributed by atoms with Gasteiger partial charge in [0, 0.05) is 51.9 Å². The Labute approximate surface area is 181 Å². The molecule has 0 amide bonds. The molecule has 3 heterocycles. The first kappa shape index (κ1) is 19.8. The SMILES string of the molecule is Cn1cc2c(n1)CCN(C[C@@H](O)COc1cccc(-c3ccc4ncn(C)c4c3)c1)C2. The number of aryl methyl sites for hydroxylation is 2. The van der Waals surface area contributed by atoms with Gasteiger partial charge in [-0.2, -0.15) is 5.10 Å². The lowest BCUT2D eigenvalue weighted by molar-refractivity contribution is 0.0637. The minimum atomic E-state index is -0.548. The van der Waals surface area contributed by atoms with Crippen LogP contribution < -0.4 is 4.74 Å². The van der Waals surface area contributed by atoms with Crippen molar-refractivity contribution in [2.75, 3.05) is 19.7 Å². The molecule has 4 aromatic rings. The molecule has 0 unspecified atom stereocenters. The average molecular weight is 418 g/mol. The van der Waals surface area contributed by atoms with Crippen molar-refractivity contribution in [2.24, 2.45) is 14.1 Å². The lowest BCUT2D eigenvalue weighted by atomic mass is 10.0. The number of benzene rings is 2. The highest BCUT2D eigenvalue weighted by molar-refractivity contribution is 5.82. The van der Waals surface area contributed by atoms with E-state index in [-0.39, 0.29) is 6.61 Å². The van der Waals surface area contributed by atoms with Gasteiger partial charge in [-0.15, -0.1) is 0 Å². The first-order chi connectivity index (χ1) is 15.0. The molecular formula is C24H27N5O2. The second-order valence-corrected chi connectivity index (χ2v) is 8.31. The van der Waals surface area contributed by atoms with E-state index in [1.54, 1.807) is 0 Å². The number of fused-ring (bicyclic) bond motifs is 2. The highest BCUT2D eigenvalue weighted by Gasteiger charge is 2.21. The fraction of sp³-hybridized carbons (Fsp3) is 0.333. The third-order valence-corrected chi connectivity index (χ3v) is 5.85. The van der Waals surface area contributed by atoms with E-state index in [1.807, 2.05) is 53.9 Å². The van der Waals surface area contributed by atoms with Gasteiger partial charge in [-0.25, -0.2) is 4.98 Å². The van der Waals surface area contributed by atoms with E-state index in [0.717, 1.165) is 47.4 Å². The van der Waals surface area contributed by atoms with Gasteiger partial charge >= 0.3 is 0 Å². The van der Waals surface area contributed by atoms with Crippen LogP contribution in [-0.4, -0.2) is 55.1 Å². The molecule has 7 heteroatoms. The number of nitrogens with zero attached hydrogens (tertiary/aromatic N) is 5. The maximum Gasteiger partial charge on any atom is 0.120 e. The number of hydrogen-bond donors (Lipinski definition) is 1. The number of aliphatic hydroxyl groups is 1. The van der Waals surface area contributed by atoms with Gasteiger partial charge in [-0.3, -0.25) is 9.58 Å². The largest absolute Gasteiger partial charge is 0.491 e. The molecule has 160 valence electrons. The molecule has 31 heavy (non-hydrogen) atoms. The normalized spacial score (nSPS) is 15.2. The third-order valence-electron chi connectivity index (χ3n) is 5.85. The van der Waals surface area contributed by atoms with Crippen molar-refractivity contribution in [2.45, 2.75) is 19.1 Å². The molecule has 0 fully saturated rings. The summed E-state index contributed by atoms with van der Waals surface area (Å²) < 4.78 is 9.82. The topological polar surface area (TPSA) is 68.3 Å². The smallest absolute Gasteiger partial charge is 0.120 e. The summed E-state index contributed by atoms with van der Waals surface area (Å²) >= 11 is 0. The number of imidazole rings is 1. The molecule has 7 nitrogen and oxygen atoms in total. The van der Waals surface area contributed by atoms with E-state index in [1.165, 1.54) is 11.3 Å². The van der Waals surface area contributed by atoms with Crippen LogP contribution in [-0.2, 0) is 27.1 Å². The minimum Gasteiger partial charge on any atom is -0.491 e. The second-order valence-electron chi connectivity index (χ2n) is 8.31. The maximum atomic E-state index is 10.5. The number of ether oxygens (including phenoxy) is 1. The van der Waals surface area contributed by atoms with Crippen molar-refractivity contribution in [3.05, 3.63) is 66.2 Å². The number of rotatable bonds is 6. The van der Waals surface area contributed by atoms with Crippen molar-refractivity contribution in [1.29, 1.82) is 0 Å². The molecule has 1 atom stereocenters. The molecule has 0 bridgehead atoms. The van der Waals surface area contributed by atoms with Crippen LogP contribution in [0.1, 0.15) is 11.3 Å². The Morgan fingerprint density at radius 2 is 2.00 bits per heavy atom. The van der Waals surface area contributed by atoms with Gasteiger partial charge in [0.15, 0.2) is 0 Å². The van der Waals surface area contributed by atoms with Gasteiger partial charge in [0.05, 0.1) is 23.1 Å². The Morgan fingerprint density at radius 3 is 2.90 bits per heavy atom. The monoisotopic (exact) mass is 417 g/mol. The minimum absolute atomic E-state index is 0.264. The summed E-state index contributed by atoms with van der Waals surface area (Å²) in [5.74, 6) is 0.759. The van der Waals surface area contributed by atoms with Crippen LogP contribution in [0.4, 0.5) is 0 Å². The lowest BCUT2D eigenvalue weighted by Gasteiger charge is -2.28. The zero-order valence-electron chi connectivity index (χ0n) is 17.9. The second kappa shape index (κ2) is 8.17. The Hall–Kier alpha value is -3.16. The first-order valence-electron chi connectivity index (χ1n) is 10.6. The quantitative estimate of drug-likeness (QED) is 0.523. The Bertz CT molecular complexity index is 1210. The fourth-order valence-corrected chi connectivity index (χ4v) is 4.28. The van der Waals surface area contributed by atoms with E-state index >= 15 is 0 Å². The molecule has 5 rings (SSSR count). The summed E-state index contributed by atoms with van der Waals surface area (Å²) in [6, 6.07) is 14.3. The van der Waals surface area contributed by atoms with Crippen LogP contribution in [0.3, 0.4) is 0 Å².